The summed E-state index contributed by atoms with van der Waals surface area (Å²) in [6, 6.07) is 6.94. The molecule has 2 unspecified atom stereocenters. The molecule has 0 fully saturated rings. The zero-order valence-corrected chi connectivity index (χ0v) is 14.2. The van der Waals surface area contributed by atoms with Gasteiger partial charge in [0.1, 0.15) is 0 Å². The van der Waals surface area contributed by atoms with Gasteiger partial charge >= 0.3 is 5.97 Å². The van der Waals surface area contributed by atoms with E-state index in [1.54, 1.807) is 31.7 Å². The number of allylic oxidation sites excluding steroid dienone is 1. The molecule has 0 heterocycles. The van der Waals surface area contributed by atoms with Crippen LogP contribution in [0.4, 0.5) is 0 Å². The van der Waals surface area contributed by atoms with Gasteiger partial charge in [-0.25, -0.2) is 0 Å². The number of hydrogen-bond donors (Lipinski definition) is 2. The van der Waals surface area contributed by atoms with Crippen molar-refractivity contribution in [1.29, 1.82) is 0 Å². The van der Waals surface area contributed by atoms with E-state index in [1.165, 1.54) is 5.57 Å². The summed E-state index contributed by atoms with van der Waals surface area (Å²) in [6.45, 7) is 7.36. The van der Waals surface area contributed by atoms with E-state index in [0.29, 0.717) is 5.56 Å². The minimum Gasteiger partial charge on any atom is -0.481 e. The number of benzene rings is 1. The number of carbonyl (C=O) groups excluding carboxylic acids is 1. The molecule has 1 aromatic rings. The molecule has 0 bridgehead atoms. The molecule has 0 saturated carbocycles. The Morgan fingerprint density at radius 3 is 2.50 bits per heavy atom. The van der Waals surface area contributed by atoms with Gasteiger partial charge in [-0.2, -0.15) is 0 Å². The molecule has 1 rings (SSSR count). The van der Waals surface area contributed by atoms with E-state index in [9.17, 15) is 9.59 Å². The maximum absolute atomic E-state index is 12.4. The molecule has 0 aromatic heterocycles. The number of carboxylic acids is 1. The molecule has 1 aromatic carbocycles. The summed E-state index contributed by atoms with van der Waals surface area (Å²) < 4.78 is 0. The van der Waals surface area contributed by atoms with Crippen LogP contribution in [-0.2, 0) is 4.79 Å². The van der Waals surface area contributed by atoms with E-state index >= 15 is 0 Å². The predicted octanol–water partition coefficient (Wildman–Crippen LogP) is 3.58. The topological polar surface area (TPSA) is 66.4 Å². The second kappa shape index (κ2) is 8.63. The standard InChI is InChI=1S/C17H23NO3S/c1-11(2)9-10-22-15-8-6-5-7-14(15)16(19)18-13(4)12(3)17(20)21/h5-9,12-13H,10H2,1-4H3,(H,18,19)(H,20,21). The number of aliphatic carboxylic acids is 1. The third-order valence-corrected chi connectivity index (χ3v) is 4.36. The smallest absolute Gasteiger partial charge is 0.308 e. The van der Waals surface area contributed by atoms with Gasteiger partial charge in [-0.3, -0.25) is 9.59 Å². The summed E-state index contributed by atoms with van der Waals surface area (Å²) in [7, 11) is 0. The van der Waals surface area contributed by atoms with Gasteiger partial charge in [-0.1, -0.05) is 23.8 Å². The zero-order valence-electron chi connectivity index (χ0n) is 13.4. The van der Waals surface area contributed by atoms with E-state index in [0.717, 1.165) is 10.6 Å². The second-order valence-electron chi connectivity index (χ2n) is 5.48. The van der Waals surface area contributed by atoms with Crippen LogP contribution in [-0.4, -0.2) is 28.8 Å². The van der Waals surface area contributed by atoms with Crippen molar-refractivity contribution in [3.05, 3.63) is 41.5 Å². The molecule has 0 aliphatic heterocycles. The lowest BCUT2D eigenvalue weighted by atomic mass is 10.0. The molecule has 4 nitrogen and oxygen atoms in total. The first kappa shape index (κ1) is 18.3. The SMILES string of the molecule is CC(C)=CCSc1ccccc1C(=O)NC(C)C(C)C(=O)O. The Hall–Kier alpha value is -1.75. The quantitative estimate of drug-likeness (QED) is 0.595. The number of rotatable bonds is 7. The van der Waals surface area contributed by atoms with Crippen LogP contribution in [0, 0.1) is 5.92 Å². The van der Waals surface area contributed by atoms with E-state index in [2.05, 4.69) is 11.4 Å². The van der Waals surface area contributed by atoms with E-state index in [4.69, 9.17) is 5.11 Å². The van der Waals surface area contributed by atoms with E-state index in [-0.39, 0.29) is 5.91 Å². The van der Waals surface area contributed by atoms with Crippen LogP contribution >= 0.6 is 11.8 Å². The first-order valence-electron chi connectivity index (χ1n) is 7.21. The Labute approximate surface area is 136 Å². The Morgan fingerprint density at radius 2 is 1.91 bits per heavy atom. The molecule has 0 aliphatic rings. The summed E-state index contributed by atoms with van der Waals surface area (Å²) in [6.07, 6.45) is 2.11. The Morgan fingerprint density at radius 1 is 1.27 bits per heavy atom. The predicted molar refractivity (Wildman–Crippen MR) is 90.3 cm³/mol. The first-order valence-corrected chi connectivity index (χ1v) is 8.20. The number of carboxylic acid groups (broad SMARTS) is 1. The summed E-state index contributed by atoms with van der Waals surface area (Å²) in [5, 5.41) is 11.8. The molecular weight excluding hydrogens is 298 g/mol. The molecule has 0 spiro atoms. The summed E-state index contributed by atoms with van der Waals surface area (Å²) in [4.78, 5) is 24.2. The lowest BCUT2D eigenvalue weighted by Crippen LogP contribution is -2.40. The molecule has 2 N–H and O–H groups in total. The minimum atomic E-state index is -0.918. The number of nitrogens with one attached hydrogen (secondary N) is 1. The fourth-order valence-corrected chi connectivity index (χ4v) is 2.79. The Bertz CT molecular complexity index is 565. The van der Waals surface area contributed by atoms with Crippen molar-refractivity contribution in [2.45, 2.75) is 38.6 Å². The molecule has 22 heavy (non-hydrogen) atoms. The molecular formula is C17H23NO3S. The van der Waals surface area contributed by atoms with Gasteiger partial charge in [0.15, 0.2) is 0 Å². The first-order chi connectivity index (χ1) is 10.3. The van der Waals surface area contributed by atoms with Crippen LogP contribution in [0.3, 0.4) is 0 Å². The molecule has 5 heteroatoms. The highest BCUT2D eigenvalue weighted by Gasteiger charge is 2.22. The van der Waals surface area contributed by atoms with Crippen molar-refractivity contribution in [1.82, 2.24) is 5.32 Å². The monoisotopic (exact) mass is 321 g/mol. The number of hydrogen-bond acceptors (Lipinski definition) is 3. The Kier molecular flexibility index (Phi) is 7.18. The van der Waals surface area contributed by atoms with Crippen molar-refractivity contribution >= 4 is 23.6 Å². The van der Waals surface area contributed by atoms with Crippen molar-refractivity contribution in [2.24, 2.45) is 5.92 Å². The normalized spacial score (nSPS) is 13.1. The van der Waals surface area contributed by atoms with Gasteiger partial charge in [-0.15, -0.1) is 11.8 Å². The van der Waals surface area contributed by atoms with Gasteiger partial charge in [0.2, 0.25) is 0 Å². The third kappa shape index (κ3) is 5.56. The van der Waals surface area contributed by atoms with Gasteiger partial charge < -0.3 is 10.4 Å². The highest BCUT2D eigenvalue weighted by atomic mass is 32.2. The van der Waals surface area contributed by atoms with Gasteiger partial charge in [0.25, 0.3) is 5.91 Å². The van der Waals surface area contributed by atoms with Crippen molar-refractivity contribution in [3.63, 3.8) is 0 Å². The molecule has 0 aliphatic carbocycles. The van der Waals surface area contributed by atoms with Crippen molar-refractivity contribution < 1.29 is 14.7 Å². The van der Waals surface area contributed by atoms with Gasteiger partial charge in [0, 0.05) is 16.7 Å². The van der Waals surface area contributed by atoms with E-state index < -0.39 is 17.9 Å². The van der Waals surface area contributed by atoms with Crippen molar-refractivity contribution in [3.8, 4) is 0 Å². The molecule has 2 atom stereocenters. The minimum absolute atomic E-state index is 0.235. The third-order valence-electron chi connectivity index (χ3n) is 3.36. The highest BCUT2D eigenvalue weighted by Crippen LogP contribution is 2.23. The molecule has 0 radical (unpaired) electrons. The van der Waals surface area contributed by atoms with Crippen LogP contribution in [0.2, 0.25) is 0 Å². The van der Waals surface area contributed by atoms with Crippen LogP contribution in [0.25, 0.3) is 0 Å². The van der Waals surface area contributed by atoms with Crippen molar-refractivity contribution in [2.75, 3.05) is 5.75 Å². The second-order valence-corrected chi connectivity index (χ2v) is 6.54. The van der Waals surface area contributed by atoms with Crippen LogP contribution in [0.5, 0.6) is 0 Å². The van der Waals surface area contributed by atoms with Crippen LogP contribution in [0.15, 0.2) is 40.8 Å². The fraction of sp³-hybridized carbons (Fsp3) is 0.412. The largest absolute Gasteiger partial charge is 0.481 e. The average molecular weight is 321 g/mol. The number of carbonyl (C=O) groups is 2. The molecule has 0 saturated heterocycles. The lowest BCUT2D eigenvalue weighted by Gasteiger charge is -2.18. The molecule has 120 valence electrons. The maximum atomic E-state index is 12.4. The van der Waals surface area contributed by atoms with Crippen LogP contribution < -0.4 is 5.32 Å². The van der Waals surface area contributed by atoms with Crippen LogP contribution in [0.1, 0.15) is 38.1 Å². The van der Waals surface area contributed by atoms with E-state index in [1.807, 2.05) is 32.0 Å². The highest BCUT2D eigenvalue weighted by molar-refractivity contribution is 7.99. The summed E-state index contributed by atoms with van der Waals surface area (Å²) in [5.41, 5.74) is 1.82. The number of amides is 1. The summed E-state index contributed by atoms with van der Waals surface area (Å²) >= 11 is 1.59. The zero-order chi connectivity index (χ0) is 16.7. The number of thioether (sulfide) groups is 1. The summed E-state index contributed by atoms with van der Waals surface area (Å²) in [5.74, 6) is -0.984. The Balaban J connectivity index is 2.81. The molecule has 1 amide bonds. The van der Waals surface area contributed by atoms with Gasteiger partial charge in [-0.05, 0) is 39.8 Å². The average Bonchev–Trinajstić information content (AvgIpc) is 2.46. The lowest BCUT2D eigenvalue weighted by molar-refractivity contribution is -0.141. The fourth-order valence-electron chi connectivity index (χ4n) is 1.70. The maximum Gasteiger partial charge on any atom is 0.308 e. The van der Waals surface area contributed by atoms with Gasteiger partial charge in [0.05, 0.1) is 11.5 Å².